The number of rotatable bonds is 4. The molecule has 0 saturated carbocycles. The van der Waals surface area contributed by atoms with Crippen LogP contribution in [0, 0.1) is 0 Å². The average Bonchev–Trinajstić information content (AvgIpc) is 2.60. The first-order chi connectivity index (χ1) is 11.2. The van der Waals surface area contributed by atoms with Gasteiger partial charge < -0.3 is 24.7 Å². The maximum atomic E-state index is 6.32. The van der Waals surface area contributed by atoms with Gasteiger partial charge in [0.05, 0.1) is 21.3 Å². The van der Waals surface area contributed by atoms with Crippen molar-refractivity contribution in [1.29, 1.82) is 0 Å². The van der Waals surface area contributed by atoms with Crippen molar-refractivity contribution in [3.8, 4) is 23.0 Å². The van der Waals surface area contributed by atoms with Crippen LogP contribution in [-0.2, 0) is 0 Å². The van der Waals surface area contributed by atoms with Crippen LogP contribution in [0.1, 0.15) is 29.7 Å². The van der Waals surface area contributed by atoms with Gasteiger partial charge in [-0.1, -0.05) is 12.1 Å². The van der Waals surface area contributed by atoms with Crippen LogP contribution >= 0.6 is 0 Å². The predicted octanol–water partition coefficient (Wildman–Crippen LogP) is 3.24. The fourth-order valence-electron chi connectivity index (χ4n) is 2.87. The van der Waals surface area contributed by atoms with Crippen molar-refractivity contribution in [3.05, 3.63) is 47.5 Å². The molecule has 2 aromatic rings. The van der Waals surface area contributed by atoms with E-state index in [1.807, 2.05) is 36.4 Å². The van der Waals surface area contributed by atoms with Crippen LogP contribution in [0.15, 0.2) is 36.4 Å². The fraction of sp³-hybridized carbons (Fsp3) is 0.333. The zero-order valence-electron chi connectivity index (χ0n) is 13.5. The lowest BCUT2D eigenvalue weighted by atomic mass is 9.93. The summed E-state index contributed by atoms with van der Waals surface area (Å²) in [5.74, 6) is 2.89. The van der Waals surface area contributed by atoms with Crippen molar-refractivity contribution in [1.82, 2.24) is 0 Å². The van der Waals surface area contributed by atoms with E-state index in [2.05, 4.69) is 0 Å². The number of ether oxygens (including phenoxy) is 4. The molecular weight excluding hydrogens is 294 g/mol. The number of hydrogen-bond acceptors (Lipinski definition) is 5. The first-order valence-corrected chi connectivity index (χ1v) is 7.48. The molecule has 1 aliphatic rings. The molecule has 5 heteroatoms. The lowest BCUT2D eigenvalue weighted by Crippen LogP contribution is -2.24. The molecular formula is C18H21NO4. The van der Waals surface area contributed by atoms with Crippen molar-refractivity contribution < 1.29 is 18.9 Å². The molecule has 2 unspecified atom stereocenters. The van der Waals surface area contributed by atoms with Crippen molar-refractivity contribution in [2.45, 2.75) is 18.6 Å². The summed E-state index contributed by atoms with van der Waals surface area (Å²) in [5, 5.41) is 0. The Morgan fingerprint density at radius 3 is 2.43 bits per heavy atom. The Morgan fingerprint density at radius 1 is 0.957 bits per heavy atom. The summed E-state index contributed by atoms with van der Waals surface area (Å²) in [6, 6.07) is 11.4. The largest absolute Gasteiger partial charge is 0.497 e. The summed E-state index contributed by atoms with van der Waals surface area (Å²) in [6.07, 6.45) is 0.568. The average molecular weight is 315 g/mol. The summed E-state index contributed by atoms with van der Waals surface area (Å²) in [5.41, 5.74) is 8.32. The molecule has 2 atom stereocenters. The van der Waals surface area contributed by atoms with Gasteiger partial charge in [0.25, 0.3) is 0 Å². The van der Waals surface area contributed by atoms with Gasteiger partial charge in [-0.05, 0) is 23.8 Å². The topological polar surface area (TPSA) is 62.9 Å². The van der Waals surface area contributed by atoms with Gasteiger partial charge >= 0.3 is 0 Å². The highest BCUT2D eigenvalue weighted by molar-refractivity contribution is 5.47. The second-order valence-electron chi connectivity index (χ2n) is 5.47. The normalized spacial score (nSPS) is 19.5. The second-order valence-corrected chi connectivity index (χ2v) is 5.47. The summed E-state index contributed by atoms with van der Waals surface area (Å²) >= 11 is 0. The summed E-state index contributed by atoms with van der Waals surface area (Å²) < 4.78 is 22.1. The summed E-state index contributed by atoms with van der Waals surface area (Å²) in [7, 11) is 4.87. The molecule has 122 valence electrons. The smallest absolute Gasteiger partial charge is 0.161 e. The first-order valence-electron chi connectivity index (χ1n) is 7.48. The molecule has 0 radical (unpaired) electrons. The molecule has 0 amide bonds. The molecule has 0 spiro atoms. The van der Waals surface area contributed by atoms with Gasteiger partial charge in [0.15, 0.2) is 11.5 Å². The van der Waals surface area contributed by atoms with Gasteiger partial charge in [0, 0.05) is 24.1 Å². The van der Waals surface area contributed by atoms with Crippen LogP contribution in [0.3, 0.4) is 0 Å². The lowest BCUT2D eigenvalue weighted by molar-refractivity contribution is 0.160. The molecule has 0 aliphatic carbocycles. The van der Waals surface area contributed by atoms with E-state index in [1.54, 1.807) is 21.3 Å². The van der Waals surface area contributed by atoms with Gasteiger partial charge in [0.2, 0.25) is 0 Å². The molecule has 0 fully saturated rings. The molecule has 0 bridgehead atoms. The number of hydrogen-bond donors (Lipinski definition) is 1. The zero-order chi connectivity index (χ0) is 16.4. The number of methoxy groups -OCH3 is 3. The molecule has 2 aromatic carbocycles. The Morgan fingerprint density at radius 2 is 1.74 bits per heavy atom. The van der Waals surface area contributed by atoms with E-state index >= 15 is 0 Å². The Bertz CT molecular complexity index is 701. The minimum Gasteiger partial charge on any atom is -0.497 e. The molecule has 23 heavy (non-hydrogen) atoms. The number of fused-ring (bicyclic) bond motifs is 1. The third-order valence-electron chi connectivity index (χ3n) is 4.14. The summed E-state index contributed by atoms with van der Waals surface area (Å²) in [6.45, 7) is 0. The van der Waals surface area contributed by atoms with Gasteiger partial charge in [0.1, 0.15) is 17.6 Å². The van der Waals surface area contributed by atoms with E-state index in [-0.39, 0.29) is 12.1 Å². The molecule has 5 nitrogen and oxygen atoms in total. The standard InChI is InChI=1S/C18H21NO4/c1-20-12-5-6-13-14(19)10-16(23-17(13)9-12)11-4-7-15(21-2)18(8-11)22-3/h4-9,14,16H,10,19H2,1-3H3. The third-order valence-corrected chi connectivity index (χ3v) is 4.14. The van der Waals surface area contributed by atoms with E-state index < -0.39 is 0 Å². The minimum absolute atomic E-state index is 0.0808. The van der Waals surface area contributed by atoms with Crippen molar-refractivity contribution in [2.24, 2.45) is 5.73 Å². The van der Waals surface area contributed by atoms with Gasteiger partial charge in [-0.15, -0.1) is 0 Å². The maximum absolute atomic E-state index is 6.32. The number of nitrogens with two attached hydrogens (primary N) is 1. The highest BCUT2D eigenvalue weighted by Crippen LogP contribution is 2.42. The highest BCUT2D eigenvalue weighted by atomic mass is 16.5. The van der Waals surface area contributed by atoms with Crippen LogP contribution < -0.4 is 24.7 Å². The van der Waals surface area contributed by atoms with Crippen LogP contribution in [-0.4, -0.2) is 21.3 Å². The van der Waals surface area contributed by atoms with Crippen LogP contribution in [0.5, 0.6) is 23.0 Å². The molecule has 0 saturated heterocycles. The quantitative estimate of drug-likeness (QED) is 0.938. The van der Waals surface area contributed by atoms with E-state index in [0.29, 0.717) is 17.9 Å². The predicted molar refractivity (Wildman–Crippen MR) is 87.5 cm³/mol. The fourth-order valence-corrected chi connectivity index (χ4v) is 2.87. The maximum Gasteiger partial charge on any atom is 0.161 e. The molecule has 2 N–H and O–H groups in total. The third kappa shape index (κ3) is 2.92. The molecule has 1 heterocycles. The summed E-state index contributed by atoms with van der Waals surface area (Å²) in [4.78, 5) is 0. The molecule has 3 rings (SSSR count). The van der Waals surface area contributed by atoms with Crippen LogP contribution in [0.25, 0.3) is 0 Å². The SMILES string of the molecule is COc1ccc2c(c1)OC(c1ccc(OC)c(OC)c1)CC2N. The monoisotopic (exact) mass is 315 g/mol. The van der Waals surface area contributed by atoms with Crippen molar-refractivity contribution >= 4 is 0 Å². The van der Waals surface area contributed by atoms with E-state index in [9.17, 15) is 0 Å². The van der Waals surface area contributed by atoms with Gasteiger partial charge in [-0.25, -0.2) is 0 Å². The van der Waals surface area contributed by atoms with E-state index in [0.717, 1.165) is 22.6 Å². The molecule has 1 aliphatic heterocycles. The zero-order valence-corrected chi connectivity index (χ0v) is 13.5. The van der Waals surface area contributed by atoms with Crippen molar-refractivity contribution in [3.63, 3.8) is 0 Å². The van der Waals surface area contributed by atoms with Crippen molar-refractivity contribution in [2.75, 3.05) is 21.3 Å². The van der Waals surface area contributed by atoms with Gasteiger partial charge in [-0.2, -0.15) is 0 Å². The number of benzene rings is 2. The lowest BCUT2D eigenvalue weighted by Gasteiger charge is -2.31. The van der Waals surface area contributed by atoms with E-state index in [4.69, 9.17) is 24.7 Å². The Kier molecular flexibility index (Phi) is 4.30. The van der Waals surface area contributed by atoms with Crippen LogP contribution in [0.4, 0.5) is 0 Å². The molecule has 0 aromatic heterocycles. The first kappa shape index (κ1) is 15.5. The Hall–Kier alpha value is -2.40. The second kappa shape index (κ2) is 6.38. The Labute approximate surface area is 135 Å². The van der Waals surface area contributed by atoms with E-state index in [1.165, 1.54) is 0 Å². The Balaban J connectivity index is 1.93. The van der Waals surface area contributed by atoms with Gasteiger partial charge in [-0.3, -0.25) is 0 Å². The highest BCUT2D eigenvalue weighted by Gasteiger charge is 2.28. The van der Waals surface area contributed by atoms with Crippen LogP contribution in [0.2, 0.25) is 0 Å². The minimum atomic E-state index is -0.135.